The van der Waals surface area contributed by atoms with Crippen molar-refractivity contribution in [2.45, 2.75) is 6.92 Å². The van der Waals surface area contributed by atoms with E-state index in [4.69, 9.17) is 4.42 Å². The molecule has 142 valence electrons. The molecule has 4 aromatic rings. The number of nitriles is 1. The molecule has 0 spiro atoms. The van der Waals surface area contributed by atoms with Crippen molar-refractivity contribution >= 4 is 33.7 Å². The number of allylic oxidation sites excluding steroid dienone is 1. The van der Waals surface area contributed by atoms with Crippen molar-refractivity contribution in [3.05, 3.63) is 76.6 Å². The normalized spacial score (nSPS) is 11.2. The number of nitrogens with one attached hydrogen (secondary N) is 2. The summed E-state index contributed by atoms with van der Waals surface area (Å²) >= 11 is 1.37. The van der Waals surface area contributed by atoms with Crippen LogP contribution in [0.1, 0.15) is 21.1 Å². The van der Waals surface area contributed by atoms with Crippen molar-refractivity contribution in [3.8, 4) is 17.5 Å². The lowest BCUT2D eigenvalue weighted by Gasteiger charge is -2.09. The molecule has 7 nitrogen and oxygen atoms in total. The number of aryl methyl sites for hydroxylation is 1. The zero-order chi connectivity index (χ0) is 20.2. The first-order chi connectivity index (χ1) is 14.2. The van der Waals surface area contributed by atoms with E-state index in [1.165, 1.54) is 17.5 Å². The number of carbonyl (C=O) groups is 1. The van der Waals surface area contributed by atoms with Gasteiger partial charge in [0.05, 0.1) is 17.3 Å². The van der Waals surface area contributed by atoms with Gasteiger partial charge in [0.1, 0.15) is 22.3 Å². The summed E-state index contributed by atoms with van der Waals surface area (Å²) in [4.78, 5) is 21.7. The highest BCUT2D eigenvalue weighted by Gasteiger charge is 2.15. The molecule has 8 heteroatoms. The van der Waals surface area contributed by atoms with Gasteiger partial charge in [-0.25, -0.2) is 9.97 Å². The Morgan fingerprint density at radius 1 is 1.24 bits per heavy atom. The van der Waals surface area contributed by atoms with Gasteiger partial charge in [0.15, 0.2) is 5.76 Å². The summed E-state index contributed by atoms with van der Waals surface area (Å²) in [6.07, 6.45) is 2.98. The molecule has 0 aliphatic heterocycles. The van der Waals surface area contributed by atoms with Crippen LogP contribution in [-0.4, -0.2) is 15.9 Å². The molecule has 0 unspecified atom stereocenters. The summed E-state index contributed by atoms with van der Waals surface area (Å²) < 4.78 is 5.42. The number of hydrogen-bond acceptors (Lipinski definition) is 7. The van der Waals surface area contributed by atoms with E-state index in [-0.39, 0.29) is 5.91 Å². The first kappa shape index (κ1) is 18.4. The highest BCUT2D eigenvalue weighted by atomic mass is 32.1. The number of aromatic nitrogens is 2. The van der Waals surface area contributed by atoms with E-state index in [1.54, 1.807) is 24.5 Å². The number of nitrogens with zero attached hydrogens (tertiary/aromatic N) is 3. The molecule has 29 heavy (non-hydrogen) atoms. The molecule has 0 aliphatic rings. The van der Waals surface area contributed by atoms with Crippen LogP contribution in [0.5, 0.6) is 0 Å². The Kier molecular flexibility index (Phi) is 5.05. The Balaban J connectivity index is 1.61. The summed E-state index contributed by atoms with van der Waals surface area (Å²) in [5.74, 6) is 0.212. The molecular formula is C21H15N5O2S. The second kappa shape index (κ2) is 7.96. The molecule has 0 radical (unpaired) electrons. The van der Waals surface area contributed by atoms with Crippen LogP contribution in [0.15, 0.2) is 64.7 Å². The third-order valence-corrected chi connectivity index (χ3v) is 5.10. The number of hydrogen-bond donors (Lipinski definition) is 2. The van der Waals surface area contributed by atoms with E-state index in [0.717, 1.165) is 5.69 Å². The molecule has 3 aromatic heterocycles. The fourth-order valence-corrected chi connectivity index (χ4v) is 3.54. The van der Waals surface area contributed by atoms with E-state index in [0.29, 0.717) is 38.5 Å². The summed E-state index contributed by atoms with van der Waals surface area (Å²) in [6.45, 7) is 1.86. The monoisotopic (exact) mass is 401 g/mol. The van der Waals surface area contributed by atoms with Crippen LogP contribution >= 0.6 is 11.3 Å². The molecule has 1 amide bonds. The van der Waals surface area contributed by atoms with Crippen LogP contribution in [0, 0.1) is 18.3 Å². The maximum absolute atomic E-state index is 12.8. The molecule has 4 rings (SSSR count). The van der Waals surface area contributed by atoms with E-state index < -0.39 is 0 Å². The van der Waals surface area contributed by atoms with Gasteiger partial charge in [0.25, 0.3) is 5.91 Å². The van der Waals surface area contributed by atoms with Crippen molar-refractivity contribution in [3.63, 3.8) is 0 Å². The van der Waals surface area contributed by atoms with Crippen molar-refractivity contribution in [1.82, 2.24) is 20.8 Å². The average Bonchev–Trinajstić information content (AvgIpc) is 3.42. The first-order valence-electron chi connectivity index (χ1n) is 8.68. The number of thiazole rings is 1. The minimum atomic E-state index is -0.361. The van der Waals surface area contributed by atoms with Gasteiger partial charge >= 0.3 is 0 Å². The molecule has 0 aliphatic carbocycles. The van der Waals surface area contributed by atoms with Crippen LogP contribution in [-0.2, 0) is 0 Å². The Labute approximate surface area is 170 Å². The minimum Gasteiger partial charge on any atom is -0.463 e. The number of pyridine rings is 1. The molecule has 0 saturated heterocycles. The fraction of sp³-hybridized carbons (Fsp3) is 0.0476. The third kappa shape index (κ3) is 3.85. The topological polar surface area (TPSA) is 104 Å². The first-order valence-corrected chi connectivity index (χ1v) is 9.56. The third-order valence-electron chi connectivity index (χ3n) is 4.11. The molecule has 0 fully saturated rings. The largest absolute Gasteiger partial charge is 0.463 e. The Hall–Kier alpha value is -3.96. The maximum Gasteiger partial charge on any atom is 0.270 e. The van der Waals surface area contributed by atoms with E-state index in [2.05, 4.69) is 26.9 Å². The zero-order valence-corrected chi connectivity index (χ0v) is 16.2. The fourth-order valence-electron chi connectivity index (χ4n) is 2.77. The van der Waals surface area contributed by atoms with Gasteiger partial charge in [0, 0.05) is 22.7 Å². The predicted octanol–water partition coefficient (Wildman–Crippen LogP) is 4.06. The van der Waals surface area contributed by atoms with Crippen LogP contribution in [0.3, 0.4) is 0 Å². The number of rotatable bonds is 5. The SMILES string of the molecule is Cc1csc(/C(C#N)=C/NNC(=O)c2cc(-c3ccco3)nc3ccccc23)n1. The van der Waals surface area contributed by atoms with Gasteiger partial charge in [-0.2, -0.15) is 5.26 Å². The smallest absolute Gasteiger partial charge is 0.270 e. The Bertz CT molecular complexity index is 1250. The van der Waals surface area contributed by atoms with Crippen molar-refractivity contribution < 1.29 is 9.21 Å². The quantitative estimate of drug-likeness (QED) is 0.386. The highest BCUT2D eigenvalue weighted by Crippen LogP contribution is 2.25. The van der Waals surface area contributed by atoms with Gasteiger partial charge in [0.2, 0.25) is 0 Å². The van der Waals surface area contributed by atoms with Crippen LogP contribution in [0.2, 0.25) is 0 Å². The Morgan fingerprint density at radius 2 is 2.10 bits per heavy atom. The summed E-state index contributed by atoms with van der Waals surface area (Å²) in [5.41, 5.74) is 8.15. The van der Waals surface area contributed by atoms with Gasteiger partial charge in [-0.15, -0.1) is 11.3 Å². The van der Waals surface area contributed by atoms with Crippen LogP contribution < -0.4 is 10.9 Å². The molecule has 0 bridgehead atoms. The van der Waals surface area contributed by atoms with Crippen molar-refractivity contribution in [2.75, 3.05) is 0 Å². The van der Waals surface area contributed by atoms with E-state index in [9.17, 15) is 10.1 Å². The van der Waals surface area contributed by atoms with Crippen LogP contribution in [0.4, 0.5) is 0 Å². The molecular weight excluding hydrogens is 386 g/mol. The lowest BCUT2D eigenvalue weighted by atomic mass is 10.1. The maximum atomic E-state index is 12.8. The standard InChI is InChI=1S/C21H15N5O2S/c1-13-12-29-21(24-13)14(10-22)11-23-26-20(27)16-9-18(19-7-4-8-28-19)25-17-6-3-2-5-15(16)17/h2-9,11-12,23H,1H3,(H,26,27)/b14-11+. The second-order valence-electron chi connectivity index (χ2n) is 6.11. The predicted molar refractivity (Wildman–Crippen MR) is 110 cm³/mol. The molecule has 0 atom stereocenters. The number of amides is 1. The van der Waals surface area contributed by atoms with Crippen molar-refractivity contribution in [1.29, 1.82) is 5.26 Å². The minimum absolute atomic E-state index is 0.333. The number of benzene rings is 1. The van der Waals surface area contributed by atoms with Crippen LogP contribution in [0.25, 0.3) is 27.9 Å². The lowest BCUT2D eigenvalue weighted by Crippen LogP contribution is -2.34. The average molecular weight is 401 g/mol. The lowest BCUT2D eigenvalue weighted by molar-refractivity contribution is 0.0942. The molecule has 2 N–H and O–H groups in total. The van der Waals surface area contributed by atoms with Gasteiger partial charge in [-0.1, -0.05) is 18.2 Å². The number of hydrazine groups is 1. The number of carbonyl (C=O) groups excluding carboxylic acids is 1. The van der Waals surface area contributed by atoms with E-state index >= 15 is 0 Å². The van der Waals surface area contributed by atoms with Gasteiger partial charge < -0.3 is 9.84 Å². The van der Waals surface area contributed by atoms with Gasteiger partial charge in [-0.05, 0) is 31.2 Å². The van der Waals surface area contributed by atoms with E-state index in [1.807, 2.05) is 36.6 Å². The van der Waals surface area contributed by atoms with Gasteiger partial charge in [-0.3, -0.25) is 10.2 Å². The number of furan rings is 1. The summed E-state index contributed by atoms with van der Waals surface area (Å²) in [7, 11) is 0. The molecule has 0 saturated carbocycles. The molecule has 3 heterocycles. The number of fused-ring (bicyclic) bond motifs is 1. The molecule has 1 aromatic carbocycles. The number of para-hydroxylation sites is 1. The summed E-state index contributed by atoms with van der Waals surface area (Å²) in [5, 5.41) is 12.5. The summed E-state index contributed by atoms with van der Waals surface area (Å²) in [6, 6.07) is 14.7. The zero-order valence-electron chi connectivity index (χ0n) is 15.3. The second-order valence-corrected chi connectivity index (χ2v) is 6.97. The van der Waals surface area contributed by atoms with Crippen molar-refractivity contribution in [2.24, 2.45) is 0 Å². The Morgan fingerprint density at radius 3 is 2.83 bits per heavy atom. The highest BCUT2D eigenvalue weighted by molar-refractivity contribution is 7.10.